The van der Waals surface area contributed by atoms with Crippen molar-refractivity contribution in [2.75, 3.05) is 5.32 Å². The fourth-order valence-electron chi connectivity index (χ4n) is 2.96. The van der Waals surface area contributed by atoms with Gasteiger partial charge in [-0.2, -0.15) is 4.98 Å². The van der Waals surface area contributed by atoms with E-state index in [1.165, 1.54) is 19.1 Å². The zero-order valence-electron chi connectivity index (χ0n) is 16.0. The third kappa shape index (κ3) is 4.17. The van der Waals surface area contributed by atoms with Crippen LogP contribution in [0.3, 0.4) is 0 Å². The molecule has 7 nitrogen and oxygen atoms in total. The Morgan fingerprint density at radius 1 is 1.10 bits per heavy atom. The molecule has 0 radical (unpaired) electrons. The first kappa shape index (κ1) is 19.3. The van der Waals surface area contributed by atoms with Gasteiger partial charge in [0.2, 0.25) is 11.7 Å². The zero-order chi connectivity index (χ0) is 21.1. The quantitative estimate of drug-likeness (QED) is 0.487. The molecule has 2 heterocycles. The van der Waals surface area contributed by atoms with E-state index in [0.717, 1.165) is 0 Å². The molecule has 0 atom stereocenters. The van der Waals surface area contributed by atoms with Crippen LogP contribution >= 0.6 is 0 Å². The van der Waals surface area contributed by atoms with Gasteiger partial charge >= 0.3 is 0 Å². The highest BCUT2D eigenvalue weighted by atomic mass is 19.1. The Balaban J connectivity index is 1.50. The number of anilines is 1. The summed E-state index contributed by atoms with van der Waals surface area (Å²) in [5, 5.41) is 6.71. The minimum Gasteiger partial charge on any atom is -0.334 e. The van der Waals surface area contributed by atoms with Crippen molar-refractivity contribution in [2.45, 2.75) is 13.5 Å². The average Bonchev–Trinajstić information content (AvgIpc) is 3.38. The molecule has 0 saturated heterocycles. The SMILES string of the molecule is CC(=O)c1cccc(NC(=O)Cn2cccc2-c2nc(-c3ccc(F)cc3)no2)c1. The van der Waals surface area contributed by atoms with E-state index in [1.807, 2.05) is 0 Å². The smallest absolute Gasteiger partial charge is 0.274 e. The van der Waals surface area contributed by atoms with E-state index in [9.17, 15) is 14.0 Å². The maximum Gasteiger partial charge on any atom is 0.274 e. The predicted octanol–water partition coefficient (Wildman–Crippen LogP) is 4.19. The number of Topliss-reactive ketones (excluding diaryl/α,β-unsaturated/α-hetero) is 1. The molecule has 150 valence electrons. The van der Waals surface area contributed by atoms with Crippen LogP contribution in [0.25, 0.3) is 23.0 Å². The molecule has 4 aromatic rings. The summed E-state index contributed by atoms with van der Waals surface area (Å²) in [6, 6.07) is 16.0. The minimum atomic E-state index is -0.351. The average molecular weight is 404 g/mol. The normalized spacial score (nSPS) is 10.7. The monoisotopic (exact) mass is 404 g/mol. The van der Waals surface area contributed by atoms with Gasteiger partial charge in [-0.1, -0.05) is 17.3 Å². The fraction of sp³-hybridized carbons (Fsp3) is 0.0909. The van der Waals surface area contributed by atoms with Crippen molar-refractivity contribution in [1.82, 2.24) is 14.7 Å². The number of halogens is 1. The molecule has 0 unspecified atom stereocenters. The van der Waals surface area contributed by atoms with Gasteiger partial charge in [-0.05, 0) is 55.5 Å². The summed E-state index contributed by atoms with van der Waals surface area (Å²) < 4.78 is 20.1. The molecule has 0 spiro atoms. The van der Waals surface area contributed by atoms with Crippen molar-refractivity contribution < 1.29 is 18.5 Å². The summed E-state index contributed by atoms with van der Waals surface area (Å²) in [6.07, 6.45) is 1.72. The molecule has 0 fully saturated rings. The largest absolute Gasteiger partial charge is 0.334 e. The molecule has 1 N–H and O–H groups in total. The summed E-state index contributed by atoms with van der Waals surface area (Å²) in [5.41, 5.74) is 2.25. The van der Waals surface area contributed by atoms with Crippen LogP contribution in [0, 0.1) is 5.82 Å². The third-order valence-electron chi connectivity index (χ3n) is 4.44. The van der Waals surface area contributed by atoms with Crippen LogP contribution in [0.4, 0.5) is 10.1 Å². The Bertz CT molecular complexity index is 1210. The molecule has 0 aliphatic carbocycles. The van der Waals surface area contributed by atoms with Gasteiger partial charge in [-0.15, -0.1) is 0 Å². The second kappa shape index (κ2) is 8.12. The number of aromatic nitrogens is 3. The van der Waals surface area contributed by atoms with Crippen LogP contribution in [0.2, 0.25) is 0 Å². The van der Waals surface area contributed by atoms with Gasteiger partial charge in [-0.25, -0.2) is 4.39 Å². The van der Waals surface area contributed by atoms with E-state index in [1.54, 1.807) is 59.3 Å². The Morgan fingerprint density at radius 3 is 2.67 bits per heavy atom. The van der Waals surface area contributed by atoms with E-state index in [4.69, 9.17) is 4.52 Å². The number of nitrogens with one attached hydrogen (secondary N) is 1. The lowest BCUT2D eigenvalue weighted by molar-refractivity contribution is -0.116. The lowest BCUT2D eigenvalue weighted by Crippen LogP contribution is -2.19. The van der Waals surface area contributed by atoms with Crippen molar-refractivity contribution in [3.8, 4) is 23.0 Å². The molecule has 0 aliphatic rings. The Kier molecular flexibility index (Phi) is 5.21. The number of amides is 1. The highest BCUT2D eigenvalue weighted by molar-refractivity contribution is 5.97. The van der Waals surface area contributed by atoms with Crippen molar-refractivity contribution in [1.29, 1.82) is 0 Å². The van der Waals surface area contributed by atoms with Gasteiger partial charge in [0, 0.05) is 23.0 Å². The summed E-state index contributed by atoms with van der Waals surface area (Å²) in [5.74, 6) is -0.135. The van der Waals surface area contributed by atoms with Gasteiger partial charge < -0.3 is 14.4 Å². The summed E-state index contributed by atoms with van der Waals surface area (Å²) in [4.78, 5) is 28.3. The van der Waals surface area contributed by atoms with Crippen LogP contribution in [0.5, 0.6) is 0 Å². The molecule has 0 saturated carbocycles. The van der Waals surface area contributed by atoms with E-state index >= 15 is 0 Å². The molecule has 0 bridgehead atoms. The van der Waals surface area contributed by atoms with Gasteiger partial charge in [0.1, 0.15) is 18.1 Å². The molecule has 4 rings (SSSR count). The third-order valence-corrected chi connectivity index (χ3v) is 4.44. The van der Waals surface area contributed by atoms with Crippen LogP contribution in [-0.2, 0) is 11.3 Å². The van der Waals surface area contributed by atoms with Crippen molar-refractivity contribution in [3.05, 3.63) is 78.2 Å². The summed E-state index contributed by atoms with van der Waals surface area (Å²) >= 11 is 0. The maximum atomic E-state index is 13.1. The Labute approximate surface area is 171 Å². The second-order valence-corrected chi connectivity index (χ2v) is 6.64. The molecular weight excluding hydrogens is 387 g/mol. The molecule has 8 heteroatoms. The van der Waals surface area contributed by atoms with Crippen LogP contribution < -0.4 is 5.32 Å². The summed E-state index contributed by atoms with van der Waals surface area (Å²) in [6.45, 7) is 1.48. The Hall–Kier alpha value is -4.07. The van der Waals surface area contributed by atoms with E-state index < -0.39 is 0 Å². The van der Waals surface area contributed by atoms with E-state index in [0.29, 0.717) is 28.3 Å². The summed E-state index contributed by atoms with van der Waals surface area (Å²) in [7, 11) is 0. The topological polar surface area (TPSA) is 90.0 Å². The number of rotatable bonds is 6. The number of benzene rings is 2. The molecule has 1 amide bonds. The number of hydrogen-bond donors (Lipinski definition) is 1. The molecular formula is C22H17FN4O3. The molecule has 0 aliphatic heterocycles. The molecule has 30 heavy (non-hydrogen) atoms. The standard InChI is InChI=1S/C22H17FN4O3/c1-14(28)16-4-2-5-18(12-16)24-20(29)13-27-11-3-6-19(27)22-25-21(26-30-22)15-7-9-17(23)10-8-15/h2-12H,13H2,1H3,(H,24,29). The van der Waals surface area contributed by atoms with Gasteiger partial charge in [0.05, 0.1) is 0 Å². The van der Waals surface area contributed by atoms with Gasteiger partial charge in [0.15, 0.2) is 5.78 Å². The first-order valence-electron chi connectivity index (χ1n) is 9.15. The van der Waals surface area contributed by atoms with E-state index in [-0.39, 0.29) is 29.9 Å². The Morgan fingerprint density at radius 2 is 1.90 bits per heavy atom. The molecule has 2 aromatic carbocycles. The second-order valence-electron chi connectivity index (χ2n) is 6.64. The first-order valence-corrected chi connectivity index (χ1v) is 9.15. The van der Waals surface area contributed by atoms with Crippen LogP contribution in [0.15, 0.2) is 71.4 Å². The van der Waals surface area contributed by atoms with Crippen molar-refractivity contribution in [3.63, 3.8) is 0 Å². The number of ketones is 1. The maximum absolute atomic E-state index is 13.1. The van der Waals surface area contributed by atoms with E-state index in [2.05, 4.69) is 15.5 Å². The predicted molar refractivity (Wildman–Crippen MR) is 108 cm³/mol. The van der Waals surface area contributed by atoms with Crippen LogP contribution in [-0.4, -0.2) is 26.4 Å². The fourth-order valence-corrected chi connectivity index (χ4v) is 2.96. The lowest BCUT2D eigenvalue weighted by Gasteiger charge is -2.09. The number of nitrogens with zero attached hydrogens (tertiary/aromatic N) is 3. The first-order chi connectivity index (χ1) is 14.5. The highest BCUT2D eigenvalue weighted by Crippen LogP contribution is 2.23. The zero-order valence-corrected chi connectivity index (χ0v) is 16.0. The van der Waals surface area contributed by atoms with Gasteiger partial charge in [-0.3, -0.25) is 9.59 Å². The molecule has 2 aromatic heterocycles. The number of carbonyl (C=O) groups is 2. The lowest BCUT2D eigenvalue weighted by atomic mass is 10.1. The van der Waals surface area contributed by atoms with Crippen molar-refractivity contribution in [2.24, 2.45) is 0 Å². The number of carbonyl (C=O) groups excluding carboxylic acids is 2. The highest BCUT2D eigenvalue weighted by Gasteiger charge is 2.16. The minimum absolute atomic E-state index is 0.0148. The number of hydrogen-bond acceptors (Lipinski definition) is 5. The van der Waals surface area contributed by atoms with Crippen molar-refractivity contribution >= 4 is 17.4 Å². The van der Waals surface area contributed by atoms with Crippen LogP contribution in [0.1, 0.15) is 17.3 Å². The van der Waals surface area contributed by atoms with Gasteiger partial charge in [0.25, 0.3) is 5.89 Å².